The quantitative estimate of drug-likeness (QED) is 0.755. The molecule has 6 heteroatoms. The lowest BCUT2D eigenvalue weighted by molar-refractivity contribution is -0.152. The highest BCUT2D eigenvalue weighted by molar-refractivity contribution is 5.86. The molecule has 1 unspecified atom stereocenters. The number of nitrogens with one attached hydrogen (secondary N) is 2. The van der Waals surface area contributed by atoms with Gasteiger partial charge in [0, 0.05) is 6.54 Å². The zero-order valence-corrected chi connectivity index (χ0v) is 12.2. The molecule has 1 atom stereocenters. The van der Waals surface area contributed by atoms with Crippen molar-refractivity contribution in [3.8, 4) is 0 Å². The van der Waals surface area contributed by atoms with Crippen LogP contribution in [0.1, 0.15) is 40.5 Å². The van der Waals surface area contributed by atoms with Crippen LogP contribution in [0.4, 0.5) is 4.79 Å². The molecule has 110 valence electrons. The molecule has 0 bridgehead atoms. The number of piperidine rings is 1. The number of rotatable bonds is 3. The lowest BCUT2D eigenvalue weighted by Gasteiger charge is -2.36. The summed E-state index contributed by atoms with van der Waals surface area (Å²) in [5.41, 5.74) is -1.61. The predicted molar refractivity (Wildman–Crippen MR) is 70.8 cm³/mol. The molecule has 19 heavy (non-hydrogen) atoms. The van der Waals surface area contributed by atoms with Gasteiger partial charge in [0.15, 0.2) is 5.54 Å². The van der Waals surface area contributed by atoms with Crippen molar-refractivity contribution >= 4 is 12.1 Å². The Morgan fingerprint density at radius 1 is 1.37 bits per heavy atom. The molecule has 1 fully saturated rings. The zero-order chi connectivity index (χ0) is 14.5. The van der Waals surface area contributed by atoms with E-state index in [0.717, 1.165) is 13.0 Å². The van der Waals surface area contributed by atoms with E-state index in [9.17, 15) is 9.59 Å². The highest BCUT2D eigenvalue weighted by atomic mass is 16.6. The fraction of sp³-hybridized carbons (Fsp3) is 0.846. The van der Waals surface area contributed by atoms with Crippen LogP contribution in [0, 0.1) is 0 Å². The summed E-state index contributed by atoms with van der Waals surface area (Å²) in [6.45, 7) is 8.57. The number of amides is 1. The van der Waals surface area contributed by atoms with Gasteiger partial charge in [-0.2, -0.15) is 0 Å². The molecular weight excluding hydrogens is 248 g/mol. The summed E-state index contributed by atoms with van der Waals surface area (Å²) in [4.78, 5) is 24.0. The molecule has 1 rings (SSSR count). The summed E-state index contributed by atoms with van der Waals surface area (Å²) < 4.78 is 10.3. The standard InChI is InChI=1S/C13H24N2O4/c1-5-18-10(16)13(7-6-8-14-9-13)15-11(17)19-12(2,3)4/h14H,5-9H2,1-4H3,(H,15,17). The average molecular weight is 272 g/mol. The van der Waals surface area contributed by atoms with E-state index in [1.807, 2.05) is 0 Å². The van der Waals surface area contributed by atoms with Gasteiger partial charge in [0.25, 0.3) is 0 Å². The van der Waals surface area contributed by atoms with Crippen molar-refractivity contribution < 1.29 is 19.1 Å². The van der Waals surface area contributed by atoms with Gasteiger partial charge in [-0.25, -0.2) is 9.59 Å². The number of hydrogen-bond acceptors (Lipinski definition) is 5. The van der Waals surface area contributed by atoms with Crippen LogP contribution in [-0.4, -0.2) is 42.9 Å². The third-order valence-corrected chi connectivity index (χ3v) is 2.79. The first-order valence-corrected chi connectivity index (χ1v) is 6.68. The van der Waals surface area contributed by atoms with E-state index < -0.39 is 23.2 Å². The normalized spacial score (nSPS) is 23.6. The Hall–Kier alpha value is -1.30. The molecule has 1 saturated heterocycles. The predicted octanol–water partition coefficient (Wildman–Crippen LogP) is 1.20. The van der Waals surface area contributed by atoms with Gasteiger partial charge in [-0.05, 0) is 47.1 Å². The molecule has 0 spiro atoms. The van der Waals surface area contributed by atoms with Crippen LogP contribution in [0.15, 0.2) is 0 Å². The summed E-state index contributed by atoms with van der Waals surface area (Å²) in [6.07, 6.45) is 0.761. The zero-order valence-electron chi connectivity index (χ0n) is 12.2. The van der Waals surface area contributed by atoms with Crippen LogP contribution in [0.5, 0.6) is 0 Å². The number of hydrogen-bond donors (Lipinski definition) is 2. The molecule has 0 aliphatic carbocycles. The summed E-state index contributed by atoms with van der Waals surface area (Å²) >= 11 is 0. The first-order valence-electron chi connectivity index (χ1n) is 6.68. The molecule has 0 radical (unpaired) electrons. The molecule has 2 N–H and O–H groups in total. The molecule has 1 heterocycles. The molecule has 1 amide bonds. The van der Waals surface area contributed by atoms with E-state index in [0.29, 0.717) is 13.0 Å². The van der Waals surface area contributed by atoms with Crippen LogP contribution >= 0.6 is 0 Å². The van der Waals surface area contributed by atoms with Crippen LogP contribution in [-0.2, 0) is 14.3 Å². The summed E-state index contributed by atoms with van der Waals surface area (Å²) in [5, 5.41) is 5.79. The van der Waals surface area contributed by atoms with Crippen LogP contribution in [0.3, 0.4) is 0 Å². The highest BCUT2D eigenvalue weighted by Crippen LogP contribution is 2.19. The summed E-state index contributed by atoms with van der Waals surface area (Å²) in [7, 11) is 0. The maximum absolute atomic E-state index is 12.1. The van der Waals surface area contributed by atoms with Crippen molar-refractivity contribution in [2.75, 3.05) is 19.7 Å². The second-order valence-corrected chi connectivity index (χ2v) is 5.71. The Labute approximate surface area is 114 Å². The summed E-state index contributed by atoms with van der Waals surface area (Å²) in [6, 6.07) is 0. The fourth-order valence-corrected chi connectivity index (χ4v) is 2.01. The smallest absolute Gasteiger partial charge is 0.408 e. The van der Waals surface area contributed by atoms with Crippen molar-refractivity contribution in [3.05, 3.63) is 0 Å². The van der Waals surface area contributed by atoms with Crippen molar-refractivity contribution in [2.45, 2.75) is 51.7 Å². The Bertz CT molecular complexity index is 330. The largest absolute Gasteiger partial charge is 0.464 e. The topological polar surface area (TPSA) is 76.7 Å². The monoisotopic (exact) mass is 272 g/mol. The van der Waals surface area contributed by atoms with Crippen molar-refractivity contribution in [1.82, 2.24) is 10.6 Å². The number of esters is 1. The van der Waals surface area contributed by atoms with Crippen molar-refractivity contribution in [1.29, 1.82) is 0 Å². The summed E-state index contributed by atoms with van der Waals surface area (Å²) in [5.74, 6) is -0.409. The minimum Gasteiger partial charge on any atom is -0.464 e. The maximum atomic E-state index is 12.1. The molecule has 1 aliphatic heterocycles. The van der Waals surface area contributed by atoms with Gasteiger partial charge in [-0.1, -0.05) is 0 Å². The van der Waals surface area contributed by atoms with Crippen molar-refractivity contribution in [2.24, 2.45) is 0 Å². The van der Waals surface area contributed by atoms with Gasteiger partial charge in [-0.15, -0.1) is 0 Å². The lowest BCUT2D eigenvalue weighted by atomic mass is 9.90. The third kappa shape index (κ3) is 4.70. The van der Waals surface area contributed by atoms with Gasteiger partial charge in [-0.3, -0.25) is 0 Å². The lowest BCUT2D eigenvalue weighted by Crippen LogP contribution is -2.63. The second kappa shape index (κ2) is 6.23. The van der Waals surface area contributed by atoms with Crippen molar-refractivity contribution in [3.63, 3.8) is 0 Å². The van der Waals surface area contributed by atoms with E-state index in [-0.39, 0.29) is 6.61 Å². The number of ether oxygens (including phenoxy) is 2. The second-order valence-electron chi connectivity index (χ2n) is 5.71. The Kier molecular flexibility index (Phi) is 5.17. The Balaban J connectivity index is 2.74. The Morgan fingerprint density at radius 2 is 2.05 bits per heavy atom. The first kappa shape index (κ1) is 15.8. The molecule has 1 aliphatic rings. The molecule has 0 aromatic heterocycles. The van der Waals surface area contributed by atoms with Crippen LogP contribution in [0.2, 0.25) is 0 Å². The average Bonchev–Trinajstić information content (AvgIpc) is 2.27. The van der Waals surface area contributed by atoms with Gasteiger partial charge >= 0.3 is 12.1 Å². The number of carbonyl (C=O) groups is 2. The van der Waals surface area contributed by atoms with Gasteiger partial charge in [0.2, 0.25) is 0 Å². The minimum absolute atomic E-state index is 0.288. The SMILES string of the molecule is CCOC(=O)C1(NC(=O)OC(C)(C)C)CCCNC1. The van der Waals surface area contributed by atoms with E-state index in [1.54, 1.807) is 27.7 Å². The van der Waals surface area contributed by atoms with Gasteiger partial charge < -0.3 is 20.1 Å². The van der Waals surface area contributed by atoms with E-state index in [1.165, 1.54) is 0 Å². The first-order chi connectivity index (χ1) is 8.79. The molecule has 0 aromatic carbocycles. The highest BCUT2D eigenvalue weighted by Gasteiger charge is 2.43. The van der Waals surface area contributed by atoms with Crippen LogP contribution < -0.4 is 10.6 Å². The van der Waals surface area contributed by atoms with E-state index >= 15 is 0 Å². The molecule has 0 saturated carbocycles. The van der Waals surface area contributed by atoms with Crippen LogP contribution in [0.25, 0.3) is 0 Å². The fourth-order valence-electron chi connectivity index (χ4n) is 2.01. The molecule has 0 aromatic rings. The third-order valence-electron chi connectivity index (χ3n) is 2.79. The molecule has 6 nitrogen and oxygen atoms in total. The molecular formula is C13H24N2O4. The minimum atomic E-state index is -1.02. The van der Waals surface area contributed by atoms with Gasteiger partial charge in [0.05, 0.1) is 6.61 Å². The maximum Gasteiger partial charge on any atom is 0.408 e. The van der Waals surface area contributed by atoms with Gasteiger partial charge in [0.1, 0.15) is 5.60 Å². The number of carbonyl (C=O) groups excluding carboxylic acids is 2. The Morgan fingerprint density at radius 3 is 2.53 bits per heavy atom. The number of alkyl carbamates (subject to hydrolysis) is 1. The van der Waals surface area contributed by atoms with E-state index in [4.69, 9.17) is 9.47 Å². The van der Waals surface area contributed by atoms with E-state index in [2.05, 4.69) is 10.6 Å².